The van der Waals surface area contributed by atoms with E-state index in [1.807, 2.05) is 12.1 Å². The lowest BCUT2D eigenvalue weighted by atomic mass is 10.1. The van der Waals surface area contributed by atoms with E-state index in [0.717, 1.165) is 18.8 Å². The van der Waals surface area contributed by atoms with Gasteiger partial charge in [-0.15, -0.1) is 0 Å². The number of amides is 2. The van der Waals surface area contributed by atoms with Gasteiger partial charge < -0.3 is 9.64 Å². The molecule has 0 bridgehead atoms. The molecule has 1 heterocycles. The van der Waals surface area contributed by atoms with Gasteiger partial charge in [-0.3, -0.25) is 20.4 Å². The number of methoxy groups -OCH3 is 1. The zero-order valence-electron chi connectivity index (χ0n) is 15.7. The number of hydrazine groups is 1. The largest absolute Gasteiger partial charge is 0.465 e. The van der Waals surface area contributed by atoms with E-state index in [4.69, 9.17) is 0 Å². The van der Waals surface area contributed by atoms with Gasteiger partial charge in [-0.2, -0.15) is 0 Å². The van der Waals surface area contributed by atoms with Crippen LogP contribution in [0.3, 0.4) is 0 Å². The average molecular weight is 381 g/mol. The molecule has 1 aliphatic rings. The maximum absolute atomic E-state index is 12.2. The Kier molecular flexibility index (Phi) is 6.26. The quantitative estimate of drug-likeness (QED) is 0.628. The molecule has 2 aromatic carbocycles. The zero-order chi connectivity index (χ0) is 19.9. The molecule has 1 saturated heterocycles. The highest BCUT2D eigenvalue weighted by atomic mass is 16.5. The van der Waals surface area contributed by atoms with Gasteiger partial charge in [-0.1, -0.05) is 0 Å². The van der Waals surface area contributed by atoms with Crippen molar-refractivity contribution in [3.05, 3.63) is 65.2 Å². The molecule has 0 atom stereocenters. The molecule has 2 N–H and O–H groups in total. The van der Waals surface area contributed by atoms with Crippen LogP contribution in [0.15, 0.2) is 48.5 Å². The van der Waals surface area contributed by atoms with Gasteiger partial charge in [-0.05, 0) is 67.8 Å². The van der Waals surface area contributed by atoms with Crippen LogP contribution < -0.4 is 15.8 Å². The first-order chi connectivity index (χ1) is 13.6. The summed E-state index contributed by atoms with van der Waals surface area (Å²) < 4.78 is 4.61. The highest BCUT2D eigenvalue weighted by molar-refractivity contribution is 5.99. The number of rotatable bonds is 4. The van der Waals surface area contributed by atoms with Crippen LogP contribution in [0.2, 0.25) is 0 Å². The number of piperidine rings is 1. The van der Waals surface area contributed by atoms with Gasteiger partial charge in [0.05, 0.1) is 12.7 Å². The Morgan fingerprint density at radius 3 is 1.71 bits per heavy atom. The second-order valence-electron chi connectivity index (χ2n) is 6.57. The molecule has 0 saturated carbocycles. The molecule has 2 aromatic rings. The van der Waals surface area contributed by atoms with Crippen LogP contribution in [0.25, 0.3) is 0 Å². The molecular formula is C21H23N3O4. The van der Waals surface area contributed by atoms with Gasteiger partial charge in [0, 0.05) is 29.9 Å². The van der Waals surface area contributed by atoms with E-state index in [0.29, 0.717) is 16.7 Å². The maximum atomic E-state index is 12.2. The van der Waals surface area contributed by atoms with E-state index >= 15 is 0 Å². The van der Waals surface area contributed by atoms with E-state index in [-0.39, 0.29) is 0 Å². The Bertz CT molecular complexity index is 841. The topological polar surface area (TPSA) is 87.7 Å². The smallest absolute Gasteiger partial charge is 0.337 e. The third-order valence-corrected chi connectivity index (χ3v) is 4.71. The molecule has 1 aliphatic heterocycles. The van der Waals surface area contributed by atoms with Gasteiger partial charge in [0.25, 0.3) is 11.8 Å². The zero-order valence-corrected chi connectivity index (χ0v) is 15.7. The predicted molar refractivity (Wildman–Crippen MR) is 105 cm³/mol. The van der Waals surface area contributed by atoms with Crippen LogP contribution in [0, 0.1) is 0 Å². The second kappa shape index (κ2) is 9.03. The molecule has 0 aromatic heterocycles. The van der Waals surface area contributed by atoms with Crippen LogP contribution in [0.4, 0.5) is 5.69 Å². The van der Waals surface area contributed by atoms with Crippen molar-refractivity contribution in [2.24, 2.45) is 0 Å². The lowest BCUT2D eigenvalue weighted by Crippen LogP contribution is -2.41. The maximum Gasteiger partial charge on any atom is 0.337 e. The molecule has 0 radical (unpaired) electrons. The van der Waals surface area contributed by atoms with Crippen LogP contribution in [-0.2, 0) is 4.74 Å². The third-order valence-electron chi connectivity index (χ3n) is 4.71. The molecule has 7 heteroatoms. The number of nitrogens with one attached hydrogen (secondary N) is 2. The van der Waals surface area contributed by atoms with Crippen molar-refractivity contribution in [3.8, 4) is 0 Å². The summed E-state index contributed by atoms with van der Waals surface area (Å²) >= 11 is 0. The van der Waals surface area contributed by atoms with E-state index in [2.05, 4.69) is 20.5 Å². The molecule has 28 heavy (non-hydrogen) atoms. The molecule has 7 nitrogen and oxygen atoms in total. The molecule has 0 unspecified atom stereocenters. The van der Waals surface area contributed by atoms with E-state index in [9.17, 15) is 14.4 Å². The Morgan fingerprint density at radius 1 is 0.750 bits per heavy atom. The first kappa shape index (κ1) is 19.4. The normalized spacial score (nSPS) is 13.5. The summed E-state index contributed by atoms with van der Waals surface area (Å²) in [6.07, 6.45) is 3.64. The summed E-state index contributed by atoms with van der Waals surface area (Å²) in [5.41, 5.74) is 6.99. The summed E-state index contributed by atoms with van der Waals surface area (Å²) in [5.74, 6) is -1.35. The fraction of sp³-hybridized carbons (Fsp3) is 0.286. The molecule has 0 aliphatic carbocycles. The highest BCUT2D eigenvalue weighted by Crippen LogP contribution is 2.20. The standard InChI is InChI=1S/C21H23N3O4/c1-28-21(27)17-7-5-15(6-8-17)19(25)22-23-20(26)16-9-11-18(12-10-16)24-13-3-2-4-14-24/h5-12H,2-4,13-14H2,1H3,(H,22,25)(H,23,26). The SMILES string of the molecule is COC(=O)c1ccc(C(=O)NNC(=O)c2ccc(N3CCCCC3)cc2)cc1. The van der Waals surface area contributed by atoms with Crippen molar-refractivity contribution >= 4 is 23.5 Å². The van der Waals surface area contributed by atoms with Gasteiger partial charge in [0.15, 0.2) is 0 Å². The highest BCUT2D eigenvalue weighted by Gasteiger charge is 2.13. The lowest BCUT2D eigenvalue weighted by Gasteiger charge is -2.28. The van der Waals surface area contributed by atoms with Crippen LogP contribution >= 0.6 is 0 Å². The van der Waals surface area contributed by atoms with Crippen LogP contribution in [-0.4, -0.2) is 38.0 Å². The number of nitrogens with zero attached hydrogens (tertiary/aromatic N) is 1. The molecule has 0 spiro atoms. The number of hydrogen-bond donors (Lipinski definition) is 2. The number of benzene rings is 2. The van der Waals surface area contributed by atoms with E-state index < -0.39 is 17.8 Å². The van der Waals surface area contributed by atoms with E-state index in [1.54, 1.807) is 12.1 Å². The number of carbonyl (C=O) groups excluding carboxylic acids is 3. The molecular weight excluding hydrogens is 358 g/mol. The van der Waals surface area contributed by atoms with Gasteiger partial charge in [0.1, 0.15) is 0 Å². The number of carbonyl (C=O) groups is 3. The van der Waals surface area contributed by atoms with Crippen molar-refractivity contribution in [2.75, 3.05) is 25.1 Å². The molecule has 1 fully saturated rings. The third kappa shape index (κ3) is 4.68. The fourth-order valence-corrected chi connectivity index (χ4v) is 3.11. The van der Waals surface area contributed by atoms with Gasteiger partial charge in [0.2, 0.25) is 0 Å². The lowest BCUT2D eigenvalue weighted by molar-refractivity contribution is 0.0600. The first-order valence-electron chi connectivity index (χ1n) is 9.22. The number of hydrogen-bond acceptors (Lipinski definition) is 5. The summed E-state index contributed by atoms with van der Waals surface area (Å²) in [6, 6.07) is 13.3. The van der Waals surface area contributed by atoms with Crippen molar-refractivity contribution in [3.63, 3.8) is 0 Å². The minimum absolute atomic E-state index is 0.313. The Hall–Kier alpha value is -3.35. The summed E-state index contributed by atoms with van der Waals surface area (Å²) in [4.78, 5) is 38.1. The number of ether oxygens (including phenoxy) is 1. The van der Waals surface area contributed by atoms with Gasteiger partial charge >= 0.3 is 5.97 Å². The van der Waals surface area contributed by atoms with E-state index in [1.165, 1.54) is 50.6 Å². The minimum atomic E-state index is -0.478. The average Bonchev–Trinajstić information content (AvgIpc) is 2.77. The monoisotopic (exact) mass is 381 g/mol. The Morgan fingerprint density at radius 2 is 1.21 bits per heavy atom. The summed E-state index contributed by atoms with van der Waals surface area (Å²) in [6.45, 7) is 2.08. The van der Waals surface area contributed by atoms with Crippen molar-refractivity contribution in [2.45, 2.75) is 19.3 Å². The van der Waals surface area contributed by atoms with Crippen LogP contribution in [0.5, 0.6) is 0 Å². The molecule has 2 amide bonds. The molecule has 146 valence electrons. The fourth-order valence-electron chi connectivity index (χ4n) is 3.11. The summed E-state index contributed by atoms with van der Waals surface area (Å²) in [5, 5.41) is 0. The second-order valence-corrected chi connectivity index (χ2v) is 6.57. The van der Waals surface area contributed by atoms with Crippen molar-refractivity contribution in [1.82, 2.24) is 10.9 Å². The Labute approximate surface area is 163 Å². The van der Waals surface area contributed by atoms with Crippen molar-refractivity contribution < 1.29 is 19.1 Å². The minimum Gasteiger partial charge on any atom is -0.465 e. The molecule has 3 rings (SSSR count). The number of esters is 1. The van der Waals surface area contributed by atoms with Crippen molar-refractivity contribution in [1.29, 1.82) is 0 Å². The van der Waals surface area contributed by atoms with Crippen LogP contribution in [0.1, 0.15) is 50.3 Å². The summed E-state index contributed by atoms with van der Waals surface area (Å²) in [7, 11) is 1.29. The Balaban J connectivity index is 1.54. The first-order valence-corrected chi connectivity index (χ1v) is 9.22. The number of anilines is 1. The van der Waals surface area contributed by atoms with Gasteiger partial charge in [-0.25, -0.2) is 4.79 Å². The predicted octanol–water partition coefficient (Wildman–Crippen LogP) is 2.54.